The highest BCUT2D eigenvalue weighted by Gasteiger charge is 2.23. The van der Waals surface area contributed by atoms with Gasteiger partial charge in [0, 0.05) is 39.1 Å². The number of methoxy groups -OCH3 is 1. The fourth-order valence-electron chi connectivity index (χ4n) is 2.75. The molecule has 1 saturated heterocycles. The van der Waals surface area contributed by atoms with E-state index in [2.05, 4.69) is 5.32 Å². The molecule has 1 aliphatic rings. The van der Waals surface area contributed by atoms with Gasteiger partial charge in [0.2, 0.25) is 5.91 Å². The summed E-state index contributed by atoms with van der Waals surface area (Å²) in [5, 5.41) is 11.2. The number of nitrogens with one attached hydrogen (secondary N) is 1. The second kappa shape index (κ2) is 9.65. The van der Waals surface area contributed by atoms with E-state index in [1.807, 2.05) is 24.3 Å². The van der Waals surface area contributed by atoms with E-state index in [1.54, 1.807) is 16.9 Å². The van der Waals surface area contributed by atoms with Crippen molar-refractivity contribution in [3.05, 3.63) is 29.8 Å². The number of benzene rings is 1. The Morgan fingerprint density at radius 1 is 1.04 bits per heavy atom. The van der Waals surface area contributed by atoms with Crippen molar-refractivity contribution in [2.75, 3.05) is 39.8 Å². The molecular weight excluding hydrogens is 338 g/mol. The van der Waals surface area contributed by atoms with E-state index < -0.39 is 5.97 Å². The molecule has 0 saturated carbocycles. The third kappa shape index (κ3) is 5.94. The summed E-state index contributed by atoms with van der Waals surface area (Å²) in [6.07, 6.45) is 0.991. The van der Waals surface area contributed by atoms with Crippen molar-refractivity contribution < 1.29 is 24.2 Å². The normalized spacial score (nSPS) is 14.0. The van der Waals surface area contributed by atoms with Crippen molar-refractivity contribution in [2.45, 2.75) is 19.3 Å². The van der Waals surface area contributed by atoms with Gasteiger partial charge in [0.05, 0.1) is 13.5 Å². The zero-order valence-corrected chi connectivity index (χ0v) is 14.9. The first-order chi connectivity index (χ1) is 12.5. The lowest BCUT2D eigenvalue weighted by Crippen LogP contribution is -2.53. The van der Waals surface area contributed by atoms with E-state index in [0.717, 1.165) is 11.3 Å². The number of urea groups is 1. The summed E-state index contributed by atoms with van der Waals surface area (Å²) in [4.78, 5) is 38.1. The maximum absolute atomic E-state index is 12.3. The van der Waals surface area contributed by atoms with Gasteiger partial charge in [0.1, 0.15) is 5.75 Å². The minimum Gasteiger partial charge on any atom is -0.497 e. The van der Waals surface area contributed by atoms with Crippen LogP contribution in [-0.4, -0.2) is 72.6 Å². The van der Waals surface area contributed by atoms with E-state index in [9.17, 15) is 14.4 Å². The van der Waals surface area contributed by atoms with Gasteiger partial charge in [0.15, 0.2) is 0 Å². The van der Waals surface area contributed by atoms with Gasteiger partial charge in [-0.3, -0.25) is 9.59 Å². The van der Waals surface area contributed by atoms with E-state index >= 15 is 0 Å². The summed E-state index contributed by atoms with van der Waals surface area (Å²) in [5.74, 6) is -0.0813. The van der Waals surface area contributed by atoms with Crippen molar-refractivity contribution in [3.63, 3.8) is 0 Å². The number of ether oxygens (including phenoxy) is 1. The predicted octanol–water partition coefficient (Wildman–Crippen LogP) is 0.956. The zero-order chi connectivity index (χ0) is 18.9. The Morgan fingerprint density at radius 2 is 1.65 bits per heavy atom. The van der Waals surface area contributed by atoms with Crippen LogP contribution in [0.1, 0.15) is 18.4 Å². The fourth-order valence-corrected chi connectivity index (χ4v) is 2.75. The lowest BCUT2D eigenvalue weighted by Gasteiger charge is -2.34. The maximum atomic E-state index is 12.3. The fraction of sp³-hybridized carbons (Fsp3) is 0.500. The molecule has 8 heteroatoms. The Kier molecular flexibility index (Phi) is 7.25. The topological polar surface area (TPSA) is 99.2 Å². The molecule has 26 heavy (non-hydrogen) atoms. The number of hydrogen-bond acceptors (Lipinski definition) is 4. The quantitative estimate of drug-likeness (QED) is 0.752. The van der Waals surface area contributed by atoms with Gasteiger partial charge < -0.3 is 25.0 Å². The summed E-state index contributed by atoms with van der Waals surface area (Å²) in [5.41, 5.74) is 1.08. The Morgan fingerprint density at radius 3 is 2.23 bits per heavy atom. The number of piperazine rings is 1. The molecule has 0 bridgehead atoms. The molecule has 0 atom stereocenters. The number of amides is 3. The molecule has 8 nitrogen and oxygen atoms in total. The summed E-state index contributed by atoms with van der Waals surface area (Å²) < 4.78 is 5.11. The molecule has 1 aromatic carbocycles. The number of aliphatic carboxylic acids is 1. The minimum absolute atomic E-state index is 0.0757. The maximum Gasteiger partial charge on any atom is 0.317 e. The second-order valence-electron chi connectivity index (χ2n) is 6.09. The van der Waals surface area contributed by atoms with Crippen molar-refractivity contribution in [1.82, 2.24) is 15.1 Å². The first-order valence-corrected chi connectivity index (χ1v) is 8.65. The molecule has 1 aliphatic heterocycles. The van der Waals surface area contributed by atoms with Gasteiger partial charge in [-0.1, -0.05) is 12.1 Å². The van der Waals surface area contributed by atoms with Crippen LogP contribution in [0.3, 0.4) is 0 Å². The van der Waals surface area contributed by atoms with Crippen LogP contribution in [0.5, 0.6) is 5.75 Å². The monoisotopic (exact) mass is 363 g/mol. The van der Waals surface area contributed by atoms with Gasteiger partial charge in [0.25, 0.3) is 0 Å². The van der Waals surface area contributed by atoms with Crippen LogP contribution in [0.2, 0.25) is 0 Å². The van der Waals surface area contributed by atoms with Crippen molar-refractivity contribution in [1.29, 1.82) is 0 Å². The molecule has 1 fully saturated rings. The van der Waals surface area contributed by atoms with Crippen LogP contribution in [0.25, 0.3) is 0 Å². The molecule has 1 aromatic rings. The van der Waals surface area contributed by atoms with Crippen molar-refractivity contribution in [3.8, 4) is 5.75 Å². The molecule has 3 amide bonds. The lowest BCUT2D eigenvalue weighted by atomic mass is 10.1. The number of carbonyl (C=O) groups excluding carboxylic acids is 2. The standard InChI is InChI=1S/C18H25N3O5/c1-26-15-5-2-14(3-6-15)4-7-16(22)20-10-12-21(13-11-20)18(25)19-9-8-17(23)24/h2-3,5-6H,4,7-13H2,1H3,(H,19,25)(H,23,24). The zero-order valence-electron chi connectivity index (χ0n) is 14.9. The molecular formula is C18H25N3O5. The van der Waals surface area contributed by atoms with Crippen molar-refractivity contribution >= 4 is 17.9 Å². The number of hydrogen-bond donors (Lipinski definition) is 2. The van der Waals surface area contributed by atoms with Gasteiger partial charge in [-0.2, -0.15) is 0 Å². The molecule has 0 aliphatic carbocycles. The van der Waals surface area contributed by atoms with Crippen LogP contribution in [0.15, 0.2) is 24.3 Å². The molecule has 2 N–H and O–H groups in total. The largest absolute Gasteiger partial charge is 0.497 e. The predicted molar refractivity (Wildman–Crippen MR) is 95.1 cm³/mol. The highest BCUT2D eigenvalue weighted by Crippen LogP contribution is 2.13. The molecule has 0 spiro atoms. The lowest BCUT2D eigenvalue weighted by molar-refractivity contribution is -0.137. The molecule has 0 radical (unpaired) electrons. The third-order valence-electron chi connectivity index (χ3n) is 4.32. The third-order valence-corrected chi connectivity index (χ3v) is 4.32. The number of aryl methyl sites for hydroxylation is 1. The van der Waals surface area contributed by atoms with Crippen LogP contribution in [-0.2, 0) is 16.0 Å². The Bertz CT molecular complexity index is 624. The minimum atomic E-state index is -0.947. The van der Waals surface area contributed by atoms with E-state index in [0.29, 0.717) is 39.0 Å². The number of carbonyl (C=O) groups is 3. The average molecular weight is 363 g/mol. The van der Waals surface area contributed by atoms with Gasteiger partial charge >= 0.3 is 12.0 Å². The van der Waals surface area contributed by atoms with Gasteiger partial charge in [-0.15, -0.1) is 0 Å². The average Bonchev–Trinajstić information content (AvgIpc) is 2.66. The SMILES string of the molecule is COc1ccc(CCC(=O)N2CCN(C(=O)NCCC(=O)O)CC2)cc1. The Labute approximate surface area is 152 Å². The van der Waals surface area contributed by atoms with Gasteiger partial charge in [-0.05, 0) is 24.1 Å². The highest BCUT2D eigenvalue weighted by molar-refractivity contribution is 5.78. The molecule has 1 heterocycles. The summed E-state index contributed by atoms with van der Waals surface area (Å²) in [6, 6.07) is 7.37. The smallest absolute Gasteiger partial charge is 0.317 e. The Hall–Kier alpha value is -2.77. The molecule has 2 rings (SSSR count). The summed E-state index contributed by atoms with van der Waals surface area (Å²) >= 11 is 0. The second-order valence-corrected chi connectivity index (χ2v) is 6.09. The van der Waals surface area contributed by atoms with E-state index in [-0.39, 0.29) is 24.9 Å². The number of rotatable bonds is 7. The van der Waals surface area contributed by atoms with E-state index in [4.69, 9.17) is 9.84 Å². The first kappa shape index (κ1) is 19.6. The van der Waals surface area contributed by atoms with Crippen LogP contribution < -0.4 is 10.1 Å². The van der Waals surface area contributed by atoms with Crippen LogP contribution >= 0.6 is 0 Å². The molecule has 0 aromatic heterocycles. The highest BCUT2D eigenvalue weighted by atomic mass is 16.5. The van der Waals surface area contributed by atoms with Crippen LogP contribution in [0.4, 0.5) is 4.79 Å². The number of nitrogens with zero attached hydrogens (tertiary/aromatic N) is 2. The van der Waals surface area contributed by atoms with Gasteiger partial charge in [-0.25, -0.2) is 4.79 Å². The van der Waals surface area contributed by atoms with E-state index in [1.165, 1.54) is 0 Å². The van der Waals surface area contributed by atoms with Crippen molar-refractivity contribution in [2.24, 2.45) is 0 Å². The summed E-state index contributed by atoms with van der Waals surface area (Å²) in [6.45, 7) is 2.00. The summed E-state index contributed by atoms with van der Waals surface area (Å²) in [7, 11) is 1.62. The number of carboxylic acid groups (broad SMARTS) is 1. The number of carboxylic acids is 1. The Balaban J connectivity index is 1.70. The first-order valence-electron chi connectivity index (χ1n) is 8.65. The van der Waals surface area contributed by atoms with Crippen LogP contribution in [0, 0.1) is 0 Å². The molecule has 142 valence electrons. The molecule has 0 unspecified atom stereocenters.